The van der Waals surface area contributed by atoms with Crippen molar-refractivity contribution in [2.45, 2.75) is 25.7 Å². The number of hydrogen-bond donors (Lipinski definition) is 1. The maximum absolute atomic E-state index is 12.6. The molecule has 8 heteroatoms. The zero-order chi connectivity index (χ0) is 21.5. The van der Waals surface area contributed by atoms with Crippen molar-refractivity contribution in [3.8, 4) is 0 Å². The van der Waals surface area contributed by atoms with Crippen molar-refractivity contribution in [1.82, 2.24) is 20.0 Å². The fraction of sp³-hybridized carbons (Fsp3) is 0.478. The summed E-state index contributed by atoms with van der Waals surface area (Å²) in [5.74, 6) is 0.737. The van der Waals surface area contributed by atoms with E-state index in [1.165, 1.54) is 12.8 Å². The van der Waals surface area contributed by atoms with Crippen LogP contribution in [0, 0.1) is 0 Å². The lowest BCUT2D eigenvalue weighted by atomic mass is 10.2. The molecule has 2 aromatic rings. The quantitative estimate of drug-likeness (QED) is 0.796. The number of carbonyl (C=O) groups is 2. The molecule has 4 rings (SSSR count). The second-order valence-corrected chi connectivity index (χ2v) is 8.16. The van der Waals surface area contributed by atoms with Crippen LogP contribution in [0.25, 0.3) is 0 Å². The number of benzene rings is 1. The summed E-state index contributed by atoms with van der Waals surface area (Å²) in [5, 5.41) is 11.2. The van der Waals surface area contributed by atoms with Crippen LogP contribution in [-0.4, -0.2) is 77.6 Å². The van der Waals surface area contributed by atoms with Gasteiger partial charge in [0.25, 0.3) is 5.91 Å². The Morgan fingerprint density at radius 2 is 1.52 bits per heavy atom. The summed E-state index contributed by atoms with van der Waals surface area (Å²) in [7, 11) is 0. The van der Waals surface area contributed by atoms with Gasteiger partial charge in [-0.3, -0.25) is 14.5 Å². The van der Waals surface area contributed by atoms with Gasteiger partial charge in [0.05, 0.1) is 6.54 Å². The van der Waals surface area contributed by atoms with Crippen LogP contribution in [0.3, 0.4) is 0 Å². The fourth-order valence-corrected chi connectivity index (χ4v) is 4.08. The lowest BCUT2D eigenvalue weighted by Gasteiger charge is -2.35. The first-order valence-corrected chi connectivity index (χ1v) is 11.1. The van der Waals surface area contributed by atoms with Crippen LogP contribution in [0.1, 0.15) is 36.2 Å². The van der Waals surface area contributed by atoms with Crippen molar-refractivity contribution in [2.24, 2.45) is 0 Å². The highest BCUT2D eigenvalue weighted by atomic mass is 16.2. The summed E-state index contributed by atoms with van der Waals surface area (Å²) in [6, 6.07) is 12.8. The Kier molecular flexibility index (Phi) is 7.09. The number of nitrogens with zero attached hydrogens (tertiary/aromatic N) is 5. The van der Waals surface area contributed by atoms with E-state index in [2.05, 4.69) is 25.3 Å². The molecule has 0 spiro atoms. The highest BCUT2D eigenvalue weighted by Crippen LogP contribution is 2.15. The van der Waals surface area contributed by atoms with Crippen LogP contribution in [-0.2, 0) is 4.79 Å². The summed E-state index contributed by atoms with van der Waals surface area (Å²) in [6.07, 6.45) is 4.71. The Morgan fingerprint density at radius 1 is 0.806 bits per heavy atom. The molecule has 2 aliphatic heterocycles. The predicted molar refractivity (Wildman–Crippen MR) is 120 cm³/mol. The molecule has 2 saturated heterocycles. The fourth-order valence-electron chi connectivity index (χ4n) is 4.08. The predicted octanol–water partition coefficient (Wildman–Crippen LogP) is 2.25. The molecule has 31 heavy (non-hydrogen) atoms. The molecule has 2 fully saturated rings. The van der Waals surface area contributed by atoms with Gasteiger partial charge in [-0.15, -0.1) is 10.2 Å². The van der Waals surface area contributed by atoms with Gasteiger partial charge in [0.15, 0.2) is 11.5 Å². The van der Waals surface area contributed by atoms with Crippen molar-refractivity contribution in [1.29, 1.82) is 0 Å². The van der Waals surface area contributed by atoms with Crippen LogP contribution in [0.5, 0.6) is 0 Å². The van der Waals surface area contributed by atoms with E-state index in [4.69, 9.17) is 0 Å². The summed E-state index contributed by atoms with van der Waals surface area (Å²) < 4.78 is 0. The van der Waals surface area contributed by atoms with E-state index < -0.39 is 0 Å². The zero-order valence-corrected chi connectivity index (χ0v) is 17.9. The van der Waals surface area contributed by atoms with Crippen LogP contribution in [0.15, 0.2) is 42.5 Å². The Morgan fingerprint density at radius 3 is 2.16 bits per heavy atom. The molecule has 1 aromatic carbocycles. The molecule has 0 radical (unpaired) electrons. The largest absolute Gasteiger partial charge is 0.353 e. The summed E-state index contributed by atoms with van der Waals surface area (Å²) >= 11 is 0. The van der Waals surface area contributed by atoms with E-state index >= 15 is 0 Å². The van der Waals surface area contributed by atoms with Gasteiger partial charge >= 0.3 is 0 Å². The smallest absolute Gasteiger partial charge is 0.276 e. The van der Waals surface area contributed by atoms with Gasteiger partial charge in [-0.05, 0) is 37.1 Å². The lowest BCUT2D eigenvalue weighted by molar-refractivity contribution is -0.132. The molecule has 8 nitrogen and oxygen atoms in total. The molecule has 0 saturated carbocycles. The maximum atomic E-state index is 12.6. The van der Waals surface area contributed by atoms with Crippen molar-refractivity contribution in [3.63, 3.8) is 0 Å². The standard InChI is InChI=1S/C23H30N6O2/c30-22(29-12-6-1-2-7-13-29)18-27-14-16-28(17-15-27)21-11-10-20(25-26-21)23(31)24-19-8-4-3-5-9-19/h3-5,8-11H,1-2,6-7,12-18H2,(H,24,31). The van der Waals surface area contributed by atoms with Crippen molar-refractivity contribution in [3.05, 3.63) is 48.2 Å². The molecule has 0 aliphatic carbocycles. The first-order valence-electron chi connectivity index (χ1n) is 11.1. The molecule has 1 aromatic heterocycles. The third-order valence-corrected chi connectivity index (χ3v) is 5.93. The highest BCUT2D eigenvalue weighted by molar-refractivity contribution is 6.02. The summed E-state index contributed by atoms with van der Waals surface area (Å²) in [4.78, 5) is 31.3. The van der Waals surface area contributed by atoms with Crippen LogP contribution >= 0.6 is 0 Å². The van der Waals surface area contributed by atoms with Crippen LogP contribution < -0.4 is 10.2 Å². The van der Waals surface area contributed by atoms with Gasteiger partial charge in [0.2, 0.25) is 5.91 Å². The molecule has 0 bridgehead atoms. The van der Waals surface area contributed by atoms with E-state index in [0.29, 0.717) is 6.54 Å². The number of nitrogens with one attached hydrogen (secondary N) is 1. The average Bonchev–Trinajstić information content (AvgIpc) is 3.10. The maximum Gasteiger partial charge on any atom is 0.276 e. The van der Waals surface area contributed by atoms with E-state index in [-0.39, 0.29) is 17.5 Å². The third-order valence-electron chi connectivity index (χ3n) is 5.93. The molecular formula is C23H30N6O2. The monoisotopic (exact) mass is 422 g/mol. The molecule has 3 heterocycles. The van der Waals surface area contributed by atoms with E-state index in [1.807, 2.05) is 41.3 Å². The Labute approximate surface area is 183 Å². The molecule has 0 atom stereocenters. The Balaban J connectivity index is 1.26. The van der Waals surface area contributed by atoms with Gasteiger partial charge in [0.1, 0.15) is 0 Å². The number of anilines is 2. The number of piperazine rings is 1. The van der Waals surface area contributed by atoms with E-state index in [9.17, 15) is 9.59 Å². The number of para-hydroxylation sites is 1. The minimum absolute atomic E-state index is 0.254. The molecule has 1 N–H and O–H groups in total. The normalized spacial score (nSPS) is 17.8. The van der Waals surface area contributed by atoms with Gasteiger partial charge in [0, 0.05) is 45.0 Å². The number of carbonyl (C=O) groups excluding carboxylic acids is 2. The summed E-state index contributed by atoms with van der Waals surface area (Å²) in [6.45, 7) is 5.51. The number of amides is 2. The molecule has 2 amide bonds. The van der Waals surface area contributed by atoms with E-state index in [1.54, 1.807) is 6.07 Å². The molecule has 0 unspecified atom stereocenters. The second kappa shape index (κ2) is 10.3. The van der Waals surface area contributed by atoms with Crippen molar-refractivity contribution < 1.29 is 9.59 Å². The average molecular weight is 423 g/mol. The molecule has 2 aliphatic rings. The summed E-state index contributed by atoms with van der Waals surface area (Å²) in [5.41, 5.74) is 1.01. The van der Waals surface area contributed by atoms with Gasteiger partial charge < -0.3 is 15.1 Å². The lowest BCUT2D eigenvalue weighted by Crippen LogP contribution is -2.50. The first-order chi connectivity index (χ1) is 15.2. The number of aromatic nitrogens is 2. The van der Waals surface area contributed by atoms with Gasteiger partial charge in [-0.25, -0.2) is 0 Å². The SMILES string of the molecule is O=C(Nc1ccccc1)c1ccc(N2CCN(CC(=O)N3CCCCCC3)CC2)nn1. The molecule has 164 valence electrons. The number of rotatable bonds is 5. The number of likely N-dealkylation sites (tertiary alicyclic amines) is 1. The van der Waals surface area contributed by atoms with Crippen molar-refractivity contribution in [2.75, 3.05) is 56.0 Å². The van der Waals surface area contributed by atoms with Crippen LogP contribution in [0.4, 0.5) is 11.5 Å². The first kappa shape index (κ1) is 21.2. The van der Waals surface area contributed by atoms with Gasteiger partial charge in [-0.2, -0.15) is 0 Å². The minimum atomic E-state index is -0.276. The van der Waals surface area contributed by atoms with E-state index in [0.717, 1.165) is 63.6 Å². The van der Waals surface area contributed by atoms with Gasteiger partial charge in [-0.1, -0.05) is 31.0 Å². The topological polar surface area (TPSA) is 81.7 Å². The Hall–Kier alpha value is -3.00. The highest BCUT2D eigenvalue weighted by Gasteiger charge is 2.23. The third kappa shape index (κ3) is 5.79. The van der Waals surface area contributed by atoms with Crippen molar-refractivity contribution >= 4 is 23.3 Å². The second-order valence-electron chi connectivity index (χ2n) is 8.16. The minimum Gasteiger partial charge on any atom is -0.353 e. The number of hydrogen-bond acceptors (Lipinski definition) is 6. The van der Waals surface area contributed by atoms with Crippen LogP contribution in [0.2, 0.25) is 0 Å². The Bertz CT molecular complexity index is 857. The zero-order valence-electron chi connectivity index (χ0n) is 17.9. The molecular weight excluding hydrogens is 392 g/mol.